The lowest BCUT2D eigenvalue weighted by molar-refractivity contribution is 0.445. The van der Waals surface area contributed by atoms with Crippen LogP contribution in [0.3, 0.4) is 0 Å². The lowest BCUT2D eigenvalue weighted by atomic mass is 10.3. The predicted octanol–water partition coefficient (Wildman–Crippen LogP) is 4.05. The van der Waals surface area contributed by atoms with Gasteiger partial charge >= 0.3 is 0 Å². The van der Waals surface area contributed by atoms with Crippen molar-refractivity contribution in [2.45, 2.75) is 0 Å². The van der Waals surface area contributed by atoms with Gasteiger partial charge in [0.25, 0.3) is 0 Å². The molecule has 4 rings (SSSR count). The molecule has 0 aliphatic heterocycles. The lowest BCUT2D eigenvalue weighted by Gasteiger charge is -2.20. The van der Waals surface area contributed by atoms with Crippen molar-refractivity contribution < 1.29 is 13.2 Å². The molecule has 0 aliphatic carbocycles. The number of halogens is 3. The van der Waals surface area contributed by atoms with Crippen LogP contribution >= 0.6 is 7.92 Å². The molecule has 134 valence electrons. The van der Waals surface area contributed by atoms with E-state index in [4.69, 9.17) is 0 Å². The number of nitrogens with zero attached hydrogens (tertiary/aromatic N) is 2. The third-order valence-corrected chi connectivity index (χ3v) is 6.48. The minimum absolute atomic E-state index is 0.0687. The molecule has 2 nitrogen and oxygen atoms in total. The first kappa shape index (κ1) is 17.5. The van der Waals surface area contributed by atoms with Crippen molar-refractivity contribution in [1.82, 2.24) is 9.55 Å². The highest BCUT2D eigenvalue weighted by Crippen LogP contribution is 2.33. The molecule has 27 heavy (non-hydrogen) atoms. The average Bonchev–Trinajstić information content (AvgIpc) is 3.17. The second kappa shape index (κ2) is 7.37. The van der Waals surface area contributed by atoms with Gasteiger partial charge in [0.2, 0.25) is 0 Å². The summed E-state index contributed by atoms with van der Waals surface area (Å²) in [6.07, 6.45) is 3.10. The highest BCUT2D eigenvalue weighted by Gasteiger charge is 2.24. The second-order valence-corrected chi connectivity index (χ2v) is 7.90. The van der Waals surface area contributed by atoms with Gasteiger partial charge in [-0.25, -0.2) is 18.2 Å². The Labute approximate surface area is 155 Å². The largest absolute Gasteiger partial charge is 0.296 e. The van der Waals surface area contributed by atoms with E-state index in [0.29, 0.717) is 5.57 Å². The van der Waals surface area contributed by atoms with Crippen molar-refractivity contribution in [3.8, 4) is 5.69 Å². The molecule has 0 aliphatic rings. The third kappa shape index (κ3) is 3.26. The number of hydrogen-bond donors (Lipinski definition) is 0. The van der Waals surface area contributed by atoms with E-state index in [1.807, 2.05) is 60.7 Å². The molecular weight excluding hydrogens is 368 g/mol. The maximum absolute atomic E-state index is 14.4. The fourth-order valence-corrected chi connectivity index (χ4v) is 5.16. The summed E-state index contributed by atoms with van der Waals surface area (Å²) < 4.78 is 43.0. The van der Waals surface area contributed by atoms with Gasteiger partial charge in [-0.2, -0.15) is 0 Å². The minimum atomic E-state index is -1.49. The van der Waals surface area contributed by atoms with Gasteiger partial charge in [-0.05, 0) is 22.7 Å². The summed E-state index contributed by atoms with van der Waals surface area (Å²) in [5.41, 5.74) is 0.507. The summed E-state index contributed by atoms with van der Waals surface area (Å²) in [4.78, 5) is 4.45. The lowest BCUT2D eigenvalue weighted by Crippen LogP contribution is -2.27. The summed E-state index contributed by atoms with van der Waals surface area (Å²) in [6, 6.07) is 21.6. The monoisotopic (exact) mass is 382 g/mol. The van der Waals surface area contributed by atoms with Gasteiger partial charge < -0.3 is 0 Å². The van der Waals surface area contributed by atoms with E-state index < -0.39 is 25.4 Å². The molecule has 0 saturated heterocycles. The van der Waals surface area contributed by atoms with Crippen LogP contribution in [0.15, 0.2) is 85.2 Å². The summed E-state index contributed by atoms with van der Waals surface area (Å²) in [5, 5.41) is 2.04. The van der Waals surface area contributed by atoms with Gasteiger partial charge in [0.1, 0.15) is 5.57 Å². The van der Waals surface area contributed by atoms with Gasteiger partial charge in [-0.3, -0.25) is 4.57 Å². The molecule has 0 atom stereocenters. The van der Waals surface area contributed by atoms with Gasteiger partial charge in [0.15, 0.2) is 17.5 Å². The Hall–Kier alpha value is -2.91. The standard InChI is InChI=1S/C21H14F3N2P/c22-17-11-12-18(20(24)19(17)23)26-14-13-25-21(26)27(15-7-3-1-4-8-15)16-9-5-2-6-10-16/h1-14H. The first-order valence-corrected chi connectivity index (χ1v) is 9.58. The molecule has 0 radical (unpaired) electrons. The van der Waals surface area contributed by atoms with E-state index >= 15 is 0 Å². The smallest absolute Gasteiger partial charge is 0.196 e. The van der Waals surface area contributed by atoms with E-state index in [1.54, 1.807) is 6.20 Å². The molecule has 0 N–H and O–H groups in total. The normalized spacial score (nSPS) is 11.1. The van der Waals surface area contributed by atoms with Crippen LogP contribution in [0, 0.1) is 17.5 Å². The van der Waals surface area contributed by atoms with Crippen molar-refractivity contribution in [3.63, 3.8) is 0 Å². The van der Waals surface area contributed by atoms with Crippen LogP contribution in [-0.4, -0.2) is 9.55 Å². The Balaban J connectivity index is 1.92. The minimum Gasteiger partial charge on any atom is -0.296 e. The molecule has 0 saturated carbocycles. The zero-order valence-electron chi connectivity index (χ0n) is 14.1. The molecule has 0 spiro atoms. The summed E-state index contributed by atoms with van der Waals surface area (Å²) in [7, 11) is -1.11. The SMILES string of the molecule is Fc1ccc(-n2ccnc2P(c2ccccc2)c2ccccc2)c(F)c1F. The molecule has 0 unspecified atom stereocenters. The number of imidazole rings is 1. The van der Waals surface area contributed by atoms with Crippen molar-refractivity contribution in [3.05, 3.63) is 103 Å². The van der Waals surface area contributed by atoms with E-state index in [-0.39, 0.29) is 5.69 Å². The first-order chi connectivity index (χ1) is 13.2. The van der Waals surface area contributed by atoms with Gasteiger partial charge in [0, 0.05) is 20.3 Å². The topological polar surface area (TPSA) is 17.8 Å². The molecule has 4 aromatic rings. The summed E-state index contributed by atoms with van der Waals surface area (Å²) in [5.74, 6) is -3.94. The number of rotatable bonds is 4. The van der Waals surface area contributed by atoms with Crippen LogP contribution in [-0.2, 0) is 0 Å². The third-order valence-electron chi connectivity index (χ3n) is 4.12. The van der Waals surface area contributed by atoms with Gasteiger partial charge in [-0.1, -0.05) is 60.7 Å². The molecule has 1 aromatic heterocycles. The van der Waals surface area contributed by atoms with Crippen molar-refractivity contribution >= 4 is 24.1 Å². The van der Waals surface area contributed by atoms with E-state index in [1.165, 1.54) is 16.8 Å². The Morgan fingerprint density at radius 1 is 0.704 bits per heavy atom. The van der Waals surface area contributed by atoms with Crippen LogP contribution < -0.4 is 16.2 Å². The molecule has 3 aromatic carbocycles. The molecular formula is C21H14F3N2P. The van der Waals surface area contributed by atoms with E-state index in [0.717, 1.165) is 16.7 Å². The van der Waals surface area contributed by atoms with Crippen LogP contribution in [0.1, 0.15) is 0 Å². The highest BCUT2D eigenvalue weighted by atomic mass is 31.1. The molecule has 0 amide bonds. The second-order valence-electron chi connectivity index (χ2n) is 5.80. The highest BCUT2D eigenvalue weighted by molar-refractivity contribution is 7.79. The first-order valence-electron chi connectivity index (χ1n) is 8.24. The zero-order chi connectivity index (χ0) is 18.8. The molecule has 0 fully saturated rings. The van der Waals surface area contributed by atoms with Gasteiger partial charge in [0.05, 0.1) is 5.69 Å². The molecule has 6 heteroatoms. The fraction of sp³-hybridized carbons (Fsp3) is 0. The predicted molar refractivity (Wildman–Crippen MR) is 102 cm³/mol. The zero-order valence-corrected chi connectivity index (χ0v) is 15.0. The Morgan fingerprint density at radius 2 is 1.30 bits per heavy atom. The number of aromatic nitrogens is 2. The quantitative estimate of drug-likeness (QED) is 0.385. The van der Waals surface area contributed by atoms with E-state index in [9.17, 15) is 13.2 Å². The Kier molecular flexibility index (Phi) is 4.78. The van der Waals surface area contributed by atoms with E-state index in [2.05, 4.69) is 4.98 Å². The maximum Gasteiger partial charge on any atom is 0.196 e. The number of hydrogen-bond acceptors (Lipinski definition) is 1. The summed E-state index contributed by atoms with van der Waals surface area (Å²) >= 11 is 0. The van der Waals surface area contributed by atoms with Crippen LogP contribution in [0.2, 0.25) is 0 Å². The number of benzene rings is 3. The van der Waals surface area contributed by atoms with Crippen molar-refractivity contribution in [2.24, 2.45) is 0 Å². The van der Waals surface area contributed by atoms with Gasteiger partial charge in [-0.15, -0.1) is 0 Å². The fourth-order valence-electron chi connectivity index (χ4n) is 2.88. The Bertz CT molecular complexity index is 1030. The van der Waals surface area contributed by atoms with Crippen LogP contribution in [0.25, 0.3) is 5.69 Å². The van der Waals surface area contributed by atoms with Crippen LogP contribution in [0.4, 0.5) is 13.2 Å². The average molecular weight is 382 g/mol. The summed E-state index contributed by atoms with van der Waals surface area (Å²) in [6.45, 7) is 0. The van der Waals surface area contributed by atoms with Crippen molar-refractivity contribution in [1.29, 1.82) is 0 Å². The maximum atomic E-state index is 14.4. The van der Waals surface area contributed by atoms with Crippen LogP contribution in [0.5, 0.6) is 0 Å². The Morgan fingerprint density at radius 3 is 1.89 bits per heavy atom. The van der Waals surface area contributed by atoms with Crippen molar-refractivity contribution in [2.75, 3.05) is 0 Å². The molecule has 0 bridgehead atoms. The molecule has 1 heterocycles.